The van der Waals surface area contributed by atoms with Crippen LogP contribution in [0, 0.1) is 13.8 Å². The molecule has 2 aromatic carbocycles. The van der Waals surface area contributed by atoms with Crippen molar-refractivity contribution in [3.8, 4) is 11.5 Å². The fraction of sp³-hybridized carbons (Fsp3) is 0.316. The topological polar surface area (TPSA) is 47.6 Å². The van der Waals surface area contributed by atoms with E-state index in [0.717, 1.165) is 16.7 Å². The van der Waals surface area contributed by atoms with Gasteiger partial charge < -0.3 is 14.8 Å². The molecule has 4 nitrogen and oxygen atoms in total. The van der Waals surface area contributed by atoms with Gasteiger partial charge in [0.2, 0.25) is 0 Å². The summed E-state index contributed by atoms with van der Waals surface area (Å²) in [5, 5.41) is 2.82. The second-order valence-corrected chi connectivity index (χ2v) is 5.67. The average Bonchev–Trinajstić information content (AvgIpc) is 2.57. The minimum atomic E-state index is -2.92. The molecule has 0 fully saturated rings. The van der Waals surface area contributed by atoms with Crippen molar-refractivity contribution in [1.29, 1.82) is 0 Å². The van der Waals surface area contributed by atoms with Crippen LogP contribution in [0.15, 0.2) is 36.4 Å². The van der Waals surface area contributed by atoms with Crippen LogP contribution in [0.25, 0.3) is 0 Å². The first-order chi connectivity index (χ1) is 11.9. The molecule has 0 heterocycles. The van der Waals surface area contributed by atoms with E-state index in [2.05, 4.69) is 10.1 Å². The van der Waals surface area contributed by atoms with Crippen LogP contribution >= 0.6 is 0 Å². The molecule has 0 saturated heterocycles. The first-order valence-electron chi connectivity index (χ1n) is 7.88. The summed E-state index contributed by atoms with van der Waals surface area (Å²) in [5.41, 5.74) is 3.54. The maximum atomic E-state index is 12.4. The first-order valence-corrected chi connectivity index (χ1v) is 7.88. The zero-order chi connectivity index (χ0) is 18.4. The SMILES string of the molecule is COc1ccc(CCNC(=O)c2ccc(C)c(C)c2)cc1OC(F)F. The van der Waals surface area contributed by atoms with Gasteiger partial charge in [-0.3, -0.25) is 4.79 Å². The van der Waals surface area contributed by atoms with Crippen molar-refractivity contribution >= 4 is 5.91 Å². The highest BCUT2D eigenvalue weighted by Gasteiger charge is 2.12. The lowest BCUT2D eigenvalue weighted by molar-refractivity contribution is -0.0512. The summed E-state index contributed by atoms with van der Waals surface area (Å²) >= 11 is 0. The number of rotatable bonds is 7. The molecule has 6 heteroatoms. The quantitative estimate of drug-likeness (QED) is 0.825. The van der Waals surface area contributed by atoms with E-state index in [1.807, 2.05) is 26.0 Å². The lowest BCUT2D eigenvalue weighted by Gasteiger charge is -2.12. The van der Waals surface area contributed by atoms with Crippen LogP contribution in [-0.2, 0) is 6.42 Å². The minimum Gasteiger partial charge on any atom is -0.493 e. The lowest BCUT2D eigenvalue weighted by atomic mass is 10.1. The Labute approximate surface area is 145 Å². The van der Waals surface area contributed by atoms with Gasteiger partial charge in [-0.2, -0.15) is 8.78 Å². The van der Waals surface area contributed by atoms with Crippen molar-refractivity contribution in [2.75, 3.05) is 13.7 Å². The highest BCUT2D eigenvalue weighted by molar-refractivity contribution is 5.94. The molecule has 0 atom stereocenters. The summed E-state index contributed by atoms with van der Waals surface area (Å²) in [6.07, 6.45) is 0.486. The number of methoxy groups -OCH3 is 1. The van der Waals surface area contributed by atoms with Crippen LogP contribution in [0.5, 0.6) is 11.5 Å². The van der Waals surface area contributed by atoms with Crippen LogP contribution in [0.4, 0.5) is 8.78 Å². The van der Waals surface area contributed by atoms with E-state index < -0.39 is 6.61 Å². The average molecular weight is 349 g/mol. The van der Waals surface area contributed by atoms with Crippen molar-refractivity contribution in [1.82, 2.24) is 5.32 Å². The van der Waals surface area contributed by atoms with Gasteiger partial charge in [0.15, 0.2) is 11.5 Å². The fourth-order valence-electron chi connectivity index (χ4n) is 2.37. The highest BCUT2D eigenvalue weighted by atomic mass is 19.3. The third-order valence-corrected chi connectivity index (χ3v) is 3.91. The Kier molecular flexibility index (Phi) is 6.33. The number of carbonyl (C=O) groups is 1. The third-order valence-electron chi connectivity index (χ3n) is 3.91. The Morgan fingerprint density at radius 3 is 2.48 bits per heavy atom. The van der Waals surface area contributed by atoms with Gasteiger partial charge in [0.1, 0.15) is 0 Å². The predicted molar refractivity (Wildman–Crippen MR) is 91.6 cm³/mol. The van der Waals surface area contributed by atoms with Gasteiger partial charge in [-0.1, -0.05) is 12.1 Å². The van der Waals surface area contributed by atoms with Gasteiger partial charge in [-0.25, -0.2) is 0 Å². The van der Waals surface area contributed by atoms with E-state index in [9.17, 15) is 13.6 Å². The number of aryl methyl sites for hydroxylation is 2. The Hall–Kier alpha value is -2.63. The van der Waals surface area contributed by atoms with Gasteiger partial charge in [-0.05, 0) is 61.2 Å². The zero-order valence-electron chi connectivity index (χ0n) is 14.4. The number of halogens is 2. The second-order valence-electron chi connectivity index (χ2n) is 5.67. The third kappa shape index (κ3) is 5.17. The van der Waals surface area contributed by atoms with E-state index in [4.69, 9.17) is 4.74 Å². The molecule has 1 N–H and O–H groups in total. The molecule has 1 amide bonds. The second kappa shape index (κ2) is 8.46. The number of amides is 1. The molecule has 2 rings (SSSR count). The Bertz CT molecular complexity index is 747. The number of ether oxygens (including phenoxy) is 2. The van der Waals surface area contributed by atoms with Gasteiger partial charge in [-0.15, -0.1) is 0 Å². The van der Waals surface area contributed by atoms with E-state index >= 15 is 0 Å². The molecule has 0 aliphatic carbocycles. The van der Waals surface area contributed by atoms with E-state index in [1.54, 1.807) is 18.2 Å². The number of carbonyl (C=O) groups excluding carboxylic acids is 1. The van der Waals surface area contributed by atoms with E-state index in [0.29, 0.717) is 18.5 Å². The Morgan fingerprint density at radius 2 is 1.84 bits per heavy atom. The first kappa shape index (κ1) is 18.7. The molecule has 0 aliphatic heterocycles. The largest absolute Gasteiger partial charge is 0.493 e. The summed E-state index contributed by atoms with van der Waals surface area (Å²) in [4.78, 5) is 12.2. The molecule has 134 valence electrons. The molecule has 0 saturated carbocycles. The van der Waals surface area contributed by atoms with Crippen molar-refractivity contribution in [3.63, 3.8) is 0 Å². The van der Waals surface area contributed by atoms with Crippen molar-refractivity contribution in [2.45, 2.75) is 26.9 Å². The van der Waals surface area contributed by atoms with Gasteiger partial charge in [0.25, 0.3) is 5.91 Å². The summed E-state index contributed by atoms with van der Waals surface area (Å²) in [6.45, 7) is 1.40. The maximum Gasteiger partial charge on any atom is 0.387 e. The normalized spacial score (nSPS) is 10.6. The number of hydrogen-bond acceptors (Lipinski definition) is 3. The van der Waals surface area contributed by atoms with E-state index in [-0.39, 0.29) is 17.4 Å². The molecule has 2 aromatic rings. The standard InChI is InChI=1S/C19H21F2NO3/c1-12-4-6-15(10-13(12)2)18(23)22-9-8-14-5-7-16(24-3)17(11-14)25-19(20)21/h4-7,10-11,19H,8-9H2,1-3H3,(H,22,23). The molecule has 0 unspecified atom stereocenters. The zero-order valence-corrected chi connectivity index (χ0v) is 14.4. The monoisotopic (exact) mass is 349 g/mol. The molecule has 0 spiro atoms. The number of hydrogen-bond donors (Lipinski definition) is 1. The fourth-order valence-corrected chi connectivity index (χ4v) is 2.37. The van der Waals surface area contributed by atoms with Gasteiger partial charge in [0.05, 0.1) is 7.11 Å². The molecule has 0 aromatic heterocycles. The number of alkyl halides is 2. The number of benzene rings is 2. The van der Waals surface area contributed by atoms with Gasteiger partial charge in [0, 0.05) is 12.1 Å². The lowest BCUT2D eigenvalue weighted by Crippen LogP contribution is -2.25. The molecular weight excluding hydrogens is 328 g/mol. The van der Waals surface area contributed by atoms with Crippen molar-refractivity contribution in [2.24, 2.45) is 0 Å². The van der Waals surface area contributed by atoms with Crippen molar-refractivity contribution < 1.29 is 23.0 Å². The Balaban J connectivity index is 1.96. The summed E-state index contributed by atoms with van der Waals surface area (Å²) < 4.78 is 34.3. The smallest absolute Gasteiger partial charge is 0.387 e. The Morgan fingerprint density at radius 1 is 1.08 bits per heavy atom. The summed E-state index contributed by atoms with van der Waals surface area (Å²) in [6, 6.07) is 10.3. The van der Waals surface area contributed by atoms with Crippen LogP contribution in [-0.4, -0.2) is 26.2 Å². The van der Waals surface area contributed by atoms with E-state index in [1.165, 1.54) is 13.2 Å². The van der Waals surface area contributed by atoms with Crippen LogP contribution in [0.1, 0.15) is 27.0 Å². The molecular formula is C19H21F2NO3. The van der Waals surface area contributed by atoms with Crippen LogP contribution in [0.2, 0.25) is 0 Å². The molecule has 0 radical (unpaired) electrons. The maximum absolute atomic E-state index is 12.4. The van der Waals surface area contributed by atoms with Crippen LogP contribution in [0.3, 0.4) is 0 Å². The predicted octanol–water partition coefficient (Wildman–Crippen LogP) is 3.89. The molecule has 25 heavy (non-hydrogen) atoms. The minimum absolute atomic E-state index is 0.0181. The van der Waals surface area contributed by atoms with Crippen molar-refractivity contribution in [3.05, 3.63) is 58.7 Å². The molecule has 0 bridgehead atoms. The van der Waals surface area contributed by atoms with Gasteiger partial charge >= 0.3 is 6.61 Å². The number of nitrogens with one attached hydrogen (secondary N) is 1. The molecule has 0 aliphatic rings. The summed E-state index contributed by atoms with van der Waals surface area (Å²) in [7, 11) is 1.39. The van der Waals surface area contributed by atoms with Crippen LogP contribution < -0.4 is 14.8 Å². The summed E-state index contributed by atoms with van der Waals surface area (Å²) in [5.74, 6) is 0.0550. The highest BCUT2D eigenvalue weighted by Crippen LogP contribution is 2.29.